The van der Waals surface area contributed by atoms with Crippen molar-refractivity contribution in [2.24, 2.45) is 11.3 Å². The maximum atomic E-state index is 13.7. The van der Waals surface area contributed by atoms with Crippen LogP contribution in [0.3, 0.4) is 0 Å². The highest BCUT2D eigenvalue weighted by Crippen LogP contribution is 2.38. The van der Waals surface area contributed by atoms with Crippen LogP contribution in [0.2, 0.25) is 0 Å². The summed E-state index contributed by atoms with van der Waals surface area (Å²) in [5, 5.41) is 5.36. The van der Waals surface area contributed by atoms with Gasteiger partial charge in [-0.2, -0.15) is 0 Å². The number of carbonyl (C=O) groups is 3. The van der Waals surface area contributed by atoms with E-state index in [0.29, 0.717) is 23.4 Å². The van der Waals surface area contributed by atoms with Crippen LogP contribution in [0, 0.1) is 11.3 Å². The third kappa shape index (κ3) is 6.19. The molecule has 3 rings (SSSR count). The first-order chi connectivity index (χ1) is 17.5. The number of amides is 3. The second-order valence-corrected chi connectivity index (χ2v) is 12.0. The number of alkyl halides is 2. The van der Waals surface area contributed by atoms with E-state index in [9.17, 15) is 23.2 Å². The van der Waals surface area contributed by atoms with Gasteiger partial charge in [0.1, 0.15) is 5.69 Å². The molecule has 38 heavy (non-hydrogen) atoms. The SMILES string of the molecule is CC(C)C(=O)NCc1cnc(C(F)F)c(C(=O)Nc2ccc3c(c2)C(=O)N([C@H](C)C(C)(C)C)CC3(C)C)c1. The van der Waals surface area contributed by atoms with E-state index in [-0.39, 0.29) is 46.7 Å². The largest absolute Gasteiger partial charge is 0.352 e. The van der Waals surface area contributed by atoms with Crippen molar-refractivity contribution >= 4 is 23.4 Å². The summed E-state index contributed by atoms with van der Waals surface area (Å²) in [6, 6.07) is 6.38. The van der Waals surface area contributed by atoms with Crippen molar-refractivity contribution < 1.29 is 23.2 Å². The molecular formula is C29H38F2N4O3. The Morgan fingerprint density at radius 2 is 1.79 bits per heavy atom. The number of nitrogens with one attached hydrogen (secondary N) is 2. The Bertz CT molecular complexity index is 1230. The lowest BCUT2D eigenvalue weighted by Gasteiger charge is -2.46. The van der Waals surface area contributed by atoms with Crippen molar-refractivity contribution in [1.29, 1.82) is 0 Å². The van der Waals surface area contributed by atoms with Gasteiger partial charge in [0.2, 0.25) is 5.91 Å². The molecule has 1 aliphatic rings. The molecule has 2 aromatic rings. The number of carbonyl (C=O) groups excluding carboxylic acids is 3. The first kappa shape index (κ1) is 29.2. The molecule has 0 aliphatic carbocycles. The third-order valence-electron chi connectivity index (χ3n) is 7.20. The first-order valence-corrected chi connectivity index (χ1v) is 12.8. The smallest absolute Gasteiger partial charge is 0.281 e. The van der Waals surface area contributed by atoms with Gasteiger partial charge in [0.15, 0.2) is 0 Å². The molecule has 7 nitrogen and oxygen atoms in total. The summed E-state index contributed by atoms with van der Waals surface area (Å²) >= 11 is 0. The highest BCUT2D eigenvalue weighted by atomic mass is 19.3. The van der Waals surface area contributed by atoms with E-state index in [2.05, 4.69) is 50.2 Å². The lowest BCUT2D eigenvalue weighted by Crippen LogP contribution is -2.54. The molecule has 1 aromatic heterocycles. The summed E-state index contributed by atoms with van der Waals surface area (Å²) < 4.78 is 27.4. The summed E-state index contributed by atoms with van der Waals surface area (Å²) in [7, 11) is 0. The molecule has 3 amide bonds. The molecule has 0 bridgehead atoms. The average molecular weight is 529 g/mol. The second-order valence-electron chi connectivity index (χ2n) is 12.0. The lowest BCUT2D eigenvalue weighted by atomic mass is 9.75. The van der Waals surface area contributed by atoms with E-state index >= 15 is 0 Å². The normalized spacial score (nSPS) is 15.9. The molecule has 1 aromatic carbocycles. The highest BCUT2D eigenvalue weighted by Gasteiger charge is 2.41. The molecule has 2 N–H and O–H groups in total. The van der Waals surface area contributed by atoms with E-state index < -0.39 is 18.0 Å². The zero-order valence-corrected chi connectivity index (χ0v) is 23.4. The minimum absolute atomic E-state index is 0.0285. The summed E-state index contributed by atoms with van der Waals surface area (Å²) in [5.41, 5.74) is 0.707. The van der Waals surface area contributed by atoms with Crippen LogP contribution in [0.4, 0.5) is 14.5 Å². The number of aromatic nitrogens is 1. The van der Waals surface area contributed by atoms with Crippen molar-refractivity contribution in [2.45, 2.75) is 79.8 Å². The topological polar surface area (TPSA) is 91.4 Å². The van der Waals surface area contributed by atoms with Crippen LogP contribution in [0.1, 0.15) is 99.4 Å². The van der Waals surface area contributed by atoms with E-state index in [0.717, 1.165) is 5.56 Å². The number of hydrogen-bond donors (Lipinski definition) is 2. The Morgan fingerprint density at radius 1 is 1.13 bits per heavy atom. The summed E-state index contributed by atoms with van der Waals surface area (Å²) in [6.45, 7) is 16.5. The second kappa shape index (κ2) is 10.8. The third-order valence-corrected chi connectivity index (χ3v) is 7.20. The maximum Gasteiger partial charge on any atom is 0.281 e. The molecule has 0 fully saturated rings. The van der Waals surface area contributed by atoms with Gasteiger partial charge in [-0.15, -0.1) is 0 Å². The molecule has 206 valence electrons. The van der Waals surface area contributed by atoms with Gasteiger partial charge in [-0.25, -0.2) is 8.78 Å². The standard InChI is InChI=1S/C29H38F2N4O3/c1-16(2)25(36)33-14-18-11-21(23(24(30)31)32-13-18)26(37)34-19-9-10-22-20(12-19)27(38)35(15-29(22,7)8)17(3)28(4,5)6/h9-13,16-17,24H,14-15H2,1-8H3,(H,33,36)(H,34,37)/t17-/m1/s1. The van der Waals surface area contributed by atoms with E-state index in [1.165, 1.54) is 12.3 Å². The minimum Gasteiger partial charge on any atom is -0.352 e. The number of fused-ring (bicyclic) bond motifs is 1. The molecule has 1 aliphatic heterocycles. The van der Waals surface area contributed by atoms with E-state index in [4.69, 9.17) is 0 Å². The molecular weight excluding hydrogens is 490 g/mol. The fraction of sp³-hybridized carbons (Fsp3) is 0.517. The molecule has 2 heterocycles. The zero-order chi connectivity index (χ0) is 28.6. The summed E-state index contributed by atoms with van der Waals surface area (Å²) in [4.78, 5) is 44.2. The van der Waals surface area contributed by atoms with Gasteiger partial charge < -0.3 is 15.5 Å². The predicted molar refractivity (Wildman–Crippen MR) is 143 cm³/mol. The monoisotopic (exact) mass is 528 g/mol. The van der Waals surface area contributed by atoms with Crippen LogP contribution >= 0.6 is 0 Å². The van der Waals surface area contributed by atoms with Crippen LogP contribution in [0.15, 0.2) is 30.5 Å². The first-order valence-electron chi connectivity index (χ1n) is 12.8. The lowest BCUT2D eigenvalue weighted by molar-refractivity contribution is -0.124. The van der Waals surface area contributed by atoms with Gasteiger partial charge in [0.05, 0.1) is 5.56 Å². The Labute approximate surface area is 223 Å². The Kier molecular flexibility index (Phi) is 8.29. The van der Waals surface area contributed by atoms with Crippen LogP contribution in [0.25, 0.3) is 0 Å². The van der Waals surface area contributed by atoms with Crippen molar-refractivity contribution in [3.05, 3.63) is 58.4 Å². The maximum absolute atomic E-state index is 13.7. The van der Waals surface area contributed by atoms with Gasteiger partial charge in [0, 0.05) is 47.9 Å². The van der Waals surface area contributed by atoms with Gasteiger partial charge in [-0.05, 0) is 41.7 Å². The van der Waals surface area contributed by atoms with Crippen molar-refractivity contribution in [1.82, 2.24) is 15.2 Å². The quantitative estimate of drug-likeness (QED) is 0.482. The molecule has 0 unspecified atom stereocenters. The number of hydrogen-bond acceptors (Lipinski definition) is 4. The predicted octanol–water partition coefficient (Wildman–Crippen LogP) is 5.71. The fourth-order valence-electron chi connectivity index (χ4n) is 4.47. The zero-order valence-electron chi connectivity index (χ0n) is 23.4. The van der Waals surface area contributed by atoms with Gasteiger partial charge >= 0.3 is 0 Å². The number of benzene rings is 1. The van der Waals surface area contributed by atoms with Crippen molar-refractivity contribution in [3.8, 4) is 0 Å². The Balaban J connectivity index is 1.92. The molecule has 0 radical (unpaired) electrons. The summed E-state index contributed by atoms with van der Waals surface area (Å²) in [6.07, 6.45) is -1.74. The minimum atomic E-state index is -2.96. The molecule has 0 saturated carbocycles. The number of pyridine rings is 1. The number of anilines is 1. The van der Waals surface area contributed by atoms with Crippen LogP contribution in [-0.4, -0.2) is 40.2 Å². The Hall–Kier alpha value is -3.36. The van der Waals surface area contributed by atoms with Gasteiger partial charge in [-0.1, -0.05) is 54.5 Å². The average Bonchev–Trinajstić information content (AvgIpc) is 2.83. The molecule has 9 heteroatoms. The van der Waals surface area contributed by atoms with Crippen molar-refractivity contribution in [2.75, 3.05) is 11.9 Å². The summed E-state index contributed by atoms with van der Waals surface area (Å²) in [5.74, 6) is -1.35. The van der Waals surface area contributed by atoms with Crippen molar-refractivity contribution in [3.63, 3.8) is 0 Å². The highest BCUT2D eigenvalue weighted by molar-refractivity contribution is 6.06. The fourth-order valence-corrected chi connectivity index (χ4v) is 4.47. The van der Waals surface area contributed by atoms with Gasteiger partial charge in [-0.3, -0.25) is 19.4 Å². The Morgan fingerprint density at radius 3 is 2.37 bits per heavy atom. The van der Waals surface area contributed by atoms with Crippen LogP contribution in [0.5, 0.6) is 0 Å². The van der Waals surface area contributed by atoms with Crippen LogP contribution in [-0.2, 0) is 16.8 Å². The number of rotatable bonds is 7. The van der Waals surface area contributed by atoms with E-state index in [1.54, 1.807) is 26.0 Å². The van der Waals surface area contributed by atoms with Gasteiger partial charge in [0.25, 0.3) is 18.2 Å². The van der Waals surface area contributed by atoms with E-state index in [1.807, 2.05) is 17.9 Å². The number of halogens is 2. The molecule has 0 saturated heterocycles. The molecule has 1 atom stereocenters. The number of nitrogens with zero attached hydrogens (tertiary/aromatic N) is 2. The van der Waals surface area contributed by atoms with Crippen LogP contribution < -0.4 is 10.6 Å². The molecule has 0 spiro atoms.